The van der Waals surface area contributed by atoms with Gasteiger partial charge in [-0.05, 0) is 23.8 Å². The first kappa shape index (κ1) is 12.8. The molecule has 0 atom stereocenters. The molecule has 1 amide bonds. The van der Waals surface area contributed by atoms with Gasteiger partial charge in [-0.15, -0.1) is 0 Å². The highest BCUT2D eigenvalue weighted by atomic mass is 35.5. The fourth-order valence-corrected chi connectivity index (χ4v) is 1.75. The molecule has 0 bridgehead atoms. The van der Waals surface area contributed by atoms with Gasteiger partial charge in [0.2, 0.25) is 11.9 Å². The number of amides is 1. The lowest BCUT2D eigenvalue weighted by Crippen LogP contribution is -2.16. The van der Waals surface area contributed by atoms with Crippen molar-refractivity contribution < 1.29 is 4.79 Å². The summed E-state index contributed by atoms with van der Waals surface area (Å²) in [5, 5.41) is 3.44. The Hall–Kier alpha value is -1.65. The van der Waals surface area contributed by atoms with Gasteiger partial charge in [0.1, 0.15) is 5.15 Å². The average molecular weight is 282 g/mol. The molecule has 92 valence electrons. The van der Waals surface area contributed by atoms with Crippen LogP contribution in [-0.4, -0.2) is 15.9 Å². The molecule has 0 saturated heterocycles. The Kier molecular flexibility index (Phi) is 4.12. The predicted octanol–water partition coefficient (Wildman–Crippen LogP) is 2.96. The number of hydrogen-bond donors (Lipinski definition) is 1. The van der Waals surface area contributed by atoms with E-state index in [1.807, 2.05) is 6.07 Å². The van der Waals surface area contributed by atoms with E-state index in [9.17, 15) is 4.79 Å². The molecule has 0 saturated carbocycles. The lowest BCUT2D eigenvalue weighted by molar-refractivity contribution is -0.115. The summed E-state index contributed by atoms with van der Waals surface area (Å²) in [5.74, 6) is -0.0333. The molecule has 0 aliphatic rings. The zero-order chi connectivity index (χ0) is 13.0. The standard InChI is InChI=1S/C12H9Cl2N3O/c13-9-3-1-2-8(6-9)7-11(18)17-12-15-5-4-10(14)16-12/h1-6H,7H2,(H,15,16,17,18). The van der Waals surface area contributed by atoms with Crippen molar-refractivity contribution in [1.29, 1.82) is 0 Å². The van der Waals surface area contributed by atoms with Crippen LogP contribution in [0.15, 0.2) is 36.5 Å². The van der Waals surface area contributed by atoms with Crippen LogP contribution >= 0.6 is 23.2 Å². The average Bonchev–Trinajstić information content (AvgIpc) is 2.28. The minimum absolute atomic E-state index is 0.189. The molecule has 2 rings (SSSR count). The Labute approximate surface area is 114 Å². The van der Waals surface area contributed by atoms with Crippen LogP contribution in [0.2, 0.25) is 10.2 Å². The molecule has 0 spiro atoms. The first-order chi connectivity index (χ1) is 8.63. The zero-order valence-electron chi connectivity index (χ0n) is 9.23. The van der Waals surface area contributed by atoms with Crippen molar-refractivity contribution in [3.8, 4) is 0 Å². The number of anilines is 1. The third-order valence-corrected chi connectivity index (χ3v) is 2.57. The van der Waals surface area contributed by atoms with E-state index in [-0.39, 0.29) is 23.4 Å². The SMILES string of the molecule is O=C(Cc1cccc(Cl)c1)Nc1nccc(Cl)n1. The van der Waals surface area contributed by atoms with Gasteiger partial charge >= 0.3 is 0 Å². The number of rotatable bonds is 3. The van der Waals surface area contributed by atoms with Crippen LogP contribution in [0, 0.1) is 0 Å². The topological polar surface area (TPSA) is 54.9 Å². The Morgan fingerprint density at radius 3 is 2.83 bits per heavy atom. The Balaban J connectivity index is 2.01. The summed E-state index contributed by atoms with van der Waals surface area (Å²) in [5.41, 5.74) is 0.821. The van der Waals surface area contributed by atoms with Crippen LogP contribution in [0.5, 0.6) is 0 Å². The predicted molar refractivity (Wildman–Crippen MR) is 70.8 cm³/mol. The highest BCUT2D eigenvalue weighted by Crippen LogP contribution is 2.12. The summed E-state index contributed by atoms with van der Waals surface area (Å²) in [6, 6.07) is 8.64. The Morgan fingerprint density at radius 1 is 1.28 bits per heavy atom. The van der Waals surface area contributed by atoms with Crippen LogP contribution in [-0.2, 0) is 11.2 Å². The monoisotopic (exact) mass is 281 g/mol. The van der Waals surface area contributed by atoms with E-state index >= 15 is 0 Å². The van der Waals surface area contributed by atoms with Gasteiger partial charge in [0.05, 0.1) is 6.42 Å². The molecule has 2 aromatic rings. The van der Waals surface area contributed by atoms with Crippen molar-refractivity contribution in [2.45, 2.75) is 6.42 Å². The van der Waals surface area contributed by atoms with E-state index in [1.165, 1.54) is 12.3 Å². The zero-order valence-corrected chi connectivity index (χ0v) is 10.7. The van der Waals surface area contributed by atoms with Crippen molar-refractivity contribution in [3.63, 3.8) is 0 Å². The fourth-order valence-electron chi connectivity index (χ4n) is 1.40. The first-order valence-electron chi connectivity index (χ1n) is 5.16. The first-order valence-corrected chi connectivity index (χ1v) is 5.92. The summed E-state index contributed by atoms with van der Waals surface area (Å²) in [6.07, 6.45) is 1.68. The lowest BCUT2D eigenvalue weighted by Gasteiger charge is -2.04. The number of benzene rings is 1. The van der Waals surface area contributed by atoms with Crippen LogP contribution in [0.1, 0.15) is 5.56 Å². The fraction of sp³-hybridized carbons (Fsp3) is 0.0833. The van der Waals surface area contributed by atoms with Gasteiger partial charge in [0.15, 0.2) is 0 Å². The van der Waals surface area contributed by atoms with Crippen LogP contribution in [0.3, 0.4) is 0 Å². The smallest absolute Gasteiger partial charge is 0.231 e. The van der Waals surface area contributed by atoms with Crippen molar-refractivity contribution in [3.05, 3.63) is 52.3 Å². The Bertz CT molecular complexity index is 525. The largest absolute Gasteiger partial charge is 0.294 e. The molecule has 1 heterocycles. The number of hydrogen-bond acceptors (Lipinski definition) is 3. The van der Waals surface area contributed by atoms with Gasteiger partial charge in [-0.25, -0.2) is 9.97 Å². The summed E-state index contributed by atoms with van der Waals surface area (Å²) >= 11 is 11.5. The molecule has 1 N–H and O–H groups in total. The molecule has 0 unspecified atom stereocenters. The second kappa shape index (κ2) is 5.80. The van der Waals surface area contributed by atoms with E-state index in [1.54, 1.807) is 18.2 Å². The summed E-state index contributed by atoms with van der Waals surface area (Å²) in [7, 11) is 0. The van der Waals surface area contributed by atoms with Crippen molar-refractivity contribution in [2.75, 3.05) is 5.32 Å². The van der Waals surface area contributed by atoms with Gasteiger partial charge < -0.3 is 0 Å². The number of nitrogens with zero attached hydrogens (tertiary/aromatic N) is 2. The highest BCUT2D eigenvalue weighted by Gasteiger charge is 2.06. The molecular weight excluding hydrogens is 273 g/mol. The number of carbonyl (C=O) groups excluding carboxylic acids is 1. The summed E-state index contributed by atoms with van der Waals surface area (Å²) in [6.45, 7) is 0. The second-order valence-electron chi connectivity index (χ2n) is 3.56. The minimum Gasteiger partial charge on any atom is -0.294 e. The number of halogens is 2. The summed E-state index contributed by atoms with van der Waals surface area (Å²) < 4.78 is 0. The van der Waals surface area contributed by atoms with Crippen molar-refractivity contribution in [2.24, 2.45) is 0 Å². The lowest BCUT2D eigenvalue weighted by atomic mass is 10.1. The van der Waals surface area contributed by atoms with Crippen molar-refractivity contribution in [1.82, 2.24) is 9.97 Å². The molecule has 0 fully saturated rings. The summed E-state index contributed by atoms with van der Waals surface area (Å²) in [4.78, 5) is 19.5. The maximum atomic E-state index is 11.7. The molecular formula is C12H9Cl2N3O. The number of nitrogens with one attached hydrogen (secondary N) is 1. The van der Waals surface area contributed by atoms with Gasteiger partial charge in [0.25, 0.3) is 0 Å². The Morgan fingerprint density at radius 2 is 2.11 bits per heavy atom. The van der Waals surface area contributed by atoms with Gasteiger partial charge in [0, 0.05) is 11.2 Å². The molecule has 0 aliphatic carbocycles. The van der Waals surface area contributed by atoms with E-state index in [0.717, 1.165) is 5.56 Å². The van der Waals surface area contributed by atoms with Gasteiger partial charge in [-0.2, -0.15) is 0 Å². The minimum atomic E-state index is -0.223. The highest BCUT2D eigenvalue weighted by molar-refractivity contribution is 6.30. The molecule has 1 aromatic heterocycles. The molecule has 1 aromatic carbocycles. The van der Waals surface area contributed by atoms with Crippen LogP contribution in [0.4, 0.5) is 5.95 Å². The number of carbonyl (C=O) groups is 1. The maximum absolute atomic E-state index is 11.7. The van der Waals surface area contributed by atoms with Crippen LogP contribution in [0.25, 0.3) is 0 Å². The quantitative estimate of drug-likeness (QED) is 0.880. The third kappa shape index (κ3) is 3.68. The molecule has 0 radical (unpaired) electrons. The number of aromatic nitrogens is 2. The normalized spacial score (nSPS) is 10.1. The molecule has 18 heavy (non-hydrogen) atoms. The third-order valence-electron chi connectivity index (χ3n) is 2.13. The van der Waals surface area contributed by atoms with E-state index < -0.39 is 0 Å². The van der Waals surface area contributed by atoms with E-state index in [4.69, 9.17) is 23.2 Å². The van der Waals surface area contributed by atoms with Crippen LogP contribution < -0.4 is 5.32 Å². The van der Waals surface area contributed by atoms with Crippen molar-refractivity contribution >= 4 is 35.1 Å². The molecule has 4 nitrogen and oxygen atoms in total. The molecule has 6 heteroatoms. The second-order valence-corrected chi connectivity index (χ2v) is 4.38. The maximum Gasteiger partial charge on any atom is 0.231 e. The van der Waals surface area contributed by atoms with E-state index in [0.29, 0.717) is 5.02 Å². The van der Waals surface area contributed by atoms with Gasteiger partial charge in [-0.1, -0.05) is 35.3 Å². The van der Waals surface area contributed by atoms with Gasteiger partial charge in [-0.3, -0.25) is 10.1 Å². The molecule has 0 aliphatic heterocycles. The van der Waals surface area contributed by atoms with E-state index in [2.05, 4.69) is 15.3 Å².